The fraction of sp³-hybridized carbons (Fsp3) is 0.0800. The number of hydrogen-bond acceptors (Lipinski definition) is 3. The lowest BCUT2D eigenvalue weighted by atomic mass is 10.0. The van der Waals surface area contributed by atoms with Gasteiger partial charge in [-0.25, -0.2) is 0 Å². The van der Waals surface area contributed by atoms with Crippen LogP contribution in [-0.2, 0) is 13.2 Å². The topological polar surface area (TPSA) is 33.6 Å². The Bertz CT molecular complexity index is 1220. The molecule has 0 amide bonds. The van der Waals surface area contributed by atoms with Gasteiger partial charge >= 0.3 is 0 Å². The van der Waals surface area contributed by atoms with E-state index < -0.39 is 0 Å². The van der Waals surface area contributed by atoms with E-state index in [1.807, 2.05) is 60.7 Å². The molecule has 0 saturated carbocycles. The quantitative estimate of drug-likeness (QED) is 0.224. The zero-order valence-electron chi connectivity index (χ0n) is 16.5. The van der Waals surface area contributed by atoms with Crippen LogP contribution < -0.4 is 10.2 Å². The molecule has 4 aromatic rings. The molecular formula is C25H19Cl3N2O. The first kappa shape index (κ1) is 21.5. The molecule has 0 aliphatic rings. The Balaban J connectivity index is 1.58. The molecule has 0 atom stereocenters. The summed E-state index contributed by atoms with van der Waals surface area (Å²) in [6.07, 6.45) is 1.76. The Kier molecular flexibility index (Phi) is 6.98. The highest BCUT2D eigenvalue weighted by atomic mass is 35.5. The minimum absolute atomic E-state index is 0.363. The fourth-order valence-corrected chi connectivity index (χ4v) is 3.96. The first-order valence-corrected chi connectivity index (χ1v) is 10.8. The van der Waals surface area contributed by atoms with Crippen LogP contribution in [0.15, 0.2) is 84.0 Å². The van der Waals surface area contributed by atoms with E-state index in [1.54, 1.807) is 18.3 Å². The molecule has 1 N–H and O–H groups in total. The molecule has 0 heterocycles. The SMILES string of the molecule is Clc1ccccc1COc1ccc2ccccc2c1/C=N\NCc1c(Cl)cccc1Cl. The third kappa shape index (κ3) is 5.13. The molecule has 6 heteroatoms. The Morgan fingerprint density at radius 2 is 1.48 bits per heavy atom. The second-order valence-electron chi connectivity index (χ2n) is 6.87. The third-order valence-corrected chi connectivity index (χ3v) is 5.95. The summed E-state index contributed by atoms with van der Waals surface area (Å²) in [7, 11) is 0. The van der Waals surface area contributed by atoms with Crippen molar-refractivity contribution < 1.29 is 4.74 Å². The van der Waals surface area contributed by atoms with Gasteiger partial charge in [0.05, 0.1) is 12.8 Å². The number of halogens is 3. The van der Waals surface area contributed by atoms with Crippen LogP contribution in [0.1, 0.15) is 16.7 Å². The van der Waals surface area contributed by atoms with Crippen molar-refractivity contribution in [3.05, 3.63) is 111 Å². The molecule has 0 spiro atoms. The molecule has 0 aliphatic heterocycles. The first-order chi connectivity index (χ1) is 15.1. The maximum absolute atomic E-state index is 6.27. The van der Waals surface area contributed by atoms with Gasteiger partial charge < -0.3 is 10.2 Å². The van der Waals surface area contributed by atoms with Crippen molar-refractivity contribution in [2.75, 3.05) is 0 Å². The van der Waals surface area contributed by atoms with E-state index in [0.29, 0.717) is 28.2 Å². The Morgan fingerprint density at radius 1 is 0.774 bits per heavy atom. The van der Waals surface area contributed by atoms with Crippen LogP contribution in [0.5, 0.6) is 5.75 Å². The normalized spacial score (nSPS) is 11.2. The lowest BCUT2D eigenvalue weighted by molar-refractivity contribution is 0.306. The van der Waals surface area contributed by atoms with Crippen LogP contribution in [0.25, 0.3) is 10.8 Å². The number of rotatable bonds is 7. The molecule has 4 aromatic carbocycles. The molecule has 0 aliphatic carbocycles. The van der Waals surface area contributed by atoms with E-state index in [-0.39, 0.29) is 0 Å². The summed E-state index contributed by atoms with van der Waals surface area (Å²) in [6.45, 7) is 0.775. The van der Waals surface area contributed by atoms with E-state index in [1.165, 1.54) is 0 Å². The summed E-state index contributed by atoms with van der Waals surface area (Å²) in [4.78, 5) is 0. The zero-order valence-corrected chi connectivity index (χ0v) is 18.8. The monoisotopic (exact) mass is 468 g/mol. The van der Waals surface area contributed by atoms with Crippen LogP contribution in [0.4, 0.5) is 0 Å². The first-order valence-electron chi connectivity index (χ1n) is 9.70. The third-order valence-electron chi connectivity index (χ3n) is 4.87. The number of nitrogens with zero attached hydrogens (tertiary/aromatic N) is 1. The second-order valence-corrected chi connectivity index (χ2v) is 8.09. The number of fused-ring (bicyclic) bond motifs is 1. The van der Waals surface area contributed by atoms with E-state index in [2.05, 4.69) is 16.6 Å². The predicted molar refractivity (Wildman–Crippen MR) is 131 cm³/mol. The van der Waals surface area contributed by atoms with Gasteiger partial charge in [-0.15, -0.1) is 0 Å². The number of hydrogen-bond donors (Lipinski definition) is 1. The highest BCUT2D eigenvalue weighted by Gasteiger charge is 2.09. The molecule has 0 fully saturated rings. The molecule has 31 heavy (non-hydrogen) atoms. The smallest absolute Gasteiger partial charge is 0.129 e. The highest BCUT2D eigenvalue weighted by Crippen LogP contribution is 2.28. The van der Waals surface area contributed by atoms with Crippen LogP contribution >= 0.6 is 34.8 Å². The maximum Gasteiger partial charge on any atom is 0.129 e. The van der Waals surface area contributed by atoms with E-state index in [9.17, 15) is 0 Å². The largest absolute Gasteiger partial charge is 0.488 e. The van der Waals surface area contributed by atoms with Gasteiger partial charge in [-0.05, 0) is 35.0 Å². The van der Waals surface area contributed by atoms with Crippen molar-refractivity contribution >= 4 is 51.8 Å². The summed E-state index contributed by atoms with van der Waals surface area (Å²) in [5.74, 6) is 0.722. The Morgan fingerprint density at radius 3 is 2.29 bits per heavy atom. The van der Waals surface area contributed by atoms with Gasteiger partial charge in [0.15, 0.2) is 0 Å². The highest BCUT2D eigenvalue weighted by molar-refractivity contribution is 6.36. The van der Waals surface area contributed by atoms with Gasteiger partial charge in [-0.3, -0.25) is 0 Å². The van der Waals surface area contributed by atoms with Gasteiger partial charge in [-0.1, -0.05) is 89.4 Å². The molecule has 156 valence electrons. The van der Waals surface area contributed by atoms with Gasteiger partial charge in [0, 0.05) is 31.8 Å². The maximum atomic E-state index is 6.27. The standard InChI is InChI=1S/C25H19Cl3N2O/c26-22-9-4-2-7-18(22)16-31-25-13-12-17-6-1-3-8-19(17)20(25)14-29-30-15-21-23(27)10-5-11-24(21)28/h1-14,30H,15-16H2/b29-14-. The second kappa shape index (κ2) is 10.1. The number of nitrogens with one attached hydrogen (secondary N) is 1. The average Bonchev–Trinajstić information content (AvgIpc) is 2.78. The number of hydrazone groups is 1. The van der Waals surface area contributed by atoms with E-state index in [4.69, 9.17) is 39.5 Å². The molecule has 0 saturated heterocycles. The van der Waals surface area contributed by atoms with Crippen LogP contribution in [0.2, 0.25) is 15.1 Å². The molecular weight excluding hydrogens is 451 g/mol. The predicted octanol–water partition coefficient (Wildman–Crippen LogP) is 7.50. The molecule has 0 bridgehead atoms. The van der Waals surface area contributed by atoms with Crippen molar-refractivity contribution in [2.24, 2.45) is 5.10 Å². The van der Waals surface area contributed by atoms with Crippen LogP contribution in [0.3, 0.4) is 0 Å². The van der Waals surface area contributed by atoms with E-state index >= 15 is 0 Å². The van der Waals surface area contributed by atoms with E-state index in [0.717, 1.165) is 33.2 Å². The van der Waals surface area contributed by atoms with Crippen LogP contribution in [0, 0.1) is 0 Å². The summed E-state index contributed by atoms with van der Waals surface area (Å²) in [6, 6.07) is 25.2. The van der Waals surface area contributed by atoms with Crippen LogP contribution in [-0.4, -0.2) is 6.21 Å². The van der Waals surface area contributed by atoms with Crippen molar-refractivity contribution in [1.82, 2.24) is 5.43 Å². The summed E-state index contributed by atoms with van der Waals surface area (Å²) in [5.41, 5.74) is 5.63. The summed E-state index contributed by atoms with van der Waals surface area (Å²) < 4.78 is 6.12. The fourth-order valence-electron chi connectivity index (χ4n) is 3.24. The van der Waals surface area contributed by atoms with Gasteiger partial charge in [0.25, 0.3) is 0 Å². The minimum atomic E-state index is 0.363. The molecule has 0 aromatic heterocycles. The minimum Gasteiger partial charge on any atom is -0.488 e. The number of benzene rings is 4. The Labute approximate surface area is 196 Å². The zero-order chi connectivity index (χ0) is 21.6. The molecule has 0 unspecified atom stereocenters. The number of ether oxygens (including phenoxy) is 1. The van der Waals surface area contributed by atoms with Gasteiger partial charge in [0.1, 0.15) is 12.4 Å². The van der Waals surface area contributed by atoms with Gasteiger partial charge in [0.2, 0.25) is 0 Å². The molecule has 0 radical (unpaired) electrons. The summed E-state index contributed by atoms with van der Waals surface area (Å²) >= 11 is 18.7. The summed E-state index contributed by atoms with van der Waals surface area (Å²) in [5, 5.41) is 8.43. The van der Waals surface area contributed by atoms with Crippen molar-refractivity contribution in [3.8, 4) is 5.75 Å². The molecule has 4 rings (SSSR count). The Hall–Kier alpha value is -2.72. The van der Waals surface area contributed by atoms with Crippen molar-refractivity contribution in [2.45, 2.75) is 13.2 Å². The average molecular weight is 470 g/mol. The lowest BCUT2D eigenvalue weighted by Crippen LogP contribution is -2.07. The lowest BCUT2D eigenvalue weighted by Gasteiger charge is -2.13. The van der Waals surface area contributed by atoms with Crippen molar-refractivity contribution in [1.29, 1.82) is 0 Å². The van der Waals surface area contributed by atoms with Crippen molar-refractivity contribution in [3.63, 3.8) is 0 Å². The molecule has 3 nitrogen and oxygen atoms in total. The van der Waals surface area contributed by atoms with Gasteiger partial charge in [-0.2, -0.15) is 5.10 Å².